The molecule has 0 atom stereocenters. The van der Waals surface area contributed by atoms with E-state index in [0.717, 1.165) is 19.0 Å². The smallest absolute Gasteiger partial charge is 0.0593 e. The van der Waals surface area contributed by atoms with Gasteiger partial charge in [0.25, 0.3) is 0 Å². The van der Waals surface area contributed by atoms with Crippen LogP contribution in [0.3, 0.4) is 0 Å². The quantitative estimate of drug-likeness (QED) is 0.757. The van der Waals surface area contributed by atoms with Crippen molar-refractivity contribution in [2.45, 2.75) is 26.2 Å². The highest BCUT2D eigenvalue weighted by Gasteiger charge is 2.40. The van der Waals surface area contributed by atoms with Crippen LogP contribution in [-0.4, -0.2) is 19.0 Å². The average molecular weight is 222 g/mol. The molecule has 0 spiro atoms. The summed E-state index contributed by atoms with van der Waals surface area (Å²) in [5, 5.41) is 0. The van der Waals surface area contributed by atoms with Gasteiger partial charge in [-0.1, -0.05) is 12.1 Å². The Morgan fingerprint density at radius 2 is 1.87 bits per heavy atom. The van der Waals surface area contributed by atoms with E-state index in [1.165, 1.54) is 22.3 Å². The molecular formula is C13H18OS. The van der Waals surface area contributed by atoms with Crippen LogP contribution >= 0.6 is 12.6 Å². The van der Waals surface area contributed by atoms with Crippen molar-refractivity contribution in [2.75, 3.05) is 19.0 Å². The SMILES string of the molecule is Cc1ccc(C2(CS)COC2)c(C)c1C. The summed E-state index contributed by atoms with van der Waals surface area (Å²) in [4.78, 5) is 0. The fourth-order valence-electron chi connectivity index (χ4n) is 2.21. The number of aryl methyl sites for hydroxylation is 1. The first kappa shape index (κ1) is 11.0. The molecule has 0 saturated carbocycles. The van der Waals surface area contributed by atoms with Crippen molar-refractivity contribution < 1.29 is 4.74 Å². The first-order valence-corrected chi connectivity index (χ1v) is 6.00. The molecule has 82 valence electrons. The second kappa shape index (κ2) is 3.84. The van der Waals surface area contributed by atoms with Gasteiger partial charge in [-0.05, 0) is 43.0 Å². The minimum absolute atomic E-state index is 0.172. The number of rotatable bonds is 2. The summed E-state index contributed by atoms with van der Waals surface area (Å²) in [5.41, 5.74) is 5.77. The lowest BCUT2D eigenvalue weighted by molar-refractivity contribution is -0.0474. The second-order valence-electron chi connectivity index (χ2n) is 4.61. The minimum atomic E-state index is 0.172. The second-order valence-corrected chi connectivity index (χ2v) is 4.93. The molecule has 1 aromatic rings. The Labute approximate surface area is 97.2 Å². The van der Waals surface area contributed by atoms with Gasteiger partial charge in [-0.3, -0.25) is 0 Å². The highest BCUT2D eigenvalue weighted by Crippen LogP contribution is 2.36. The van der Waals surface area contributed by atoms with Crippen LogP contribution in [0.5, 0.6) is 0 Å². The number of benzene rings is 1. The van der Waals surface area contributed by atoms with E-state index < -0.39 is 0 Å². The van der Waals surface area contributed by atoms with Crippen LogP contribution in [0.4, 0.5) is 0 Å². The lowest BCUT2D eigenvalue weighted by Crippen LogP contribution is -2.49. The van der Waals surface area contributed by atoms with E-state index >= 15 is 0 Å². The maximum Gasteiger partial charge on any atom is 0.0593 e. The summed E-state index contributed by atoms with van der Waals surface area (Å²) >= 11 is 4.47. The van der Waals surface area contributed by atoms with E-state index in [1.807, 2.05) is 0 Å². The van der Waals surface area contributed by atoms with Crippen LogP contribution in [0.25, 0.3) is 0 Å². The highest BCUT2D eigenvalue weighted by molar-refractivity contribution is 7.80. The van der Waals surface area contributed by atoms with Gasteiger partial charge < -0.3 is 4.74 Å². The maximum absolute atomic E-state index is 5.36. The molecule has 0 radical (unpaired) electrons. The number of hydrogen-bond acceptors (Lipinski definition) is 2. The number of ether oxygens (including phenoxy) is 1. The third kappa shape index (κ3) is 1.60. The van der Waals surface area contributed by atoms with E-state index in [0.29, 0.717) is 0 Å². The molecule has 0 unspecified atom stereocenters. The van der Waals surface area contributed by atoms with Crippen LogP contribution in [0.15, 0.2) is 12.1 Å². The Hall–Kier alpha value is -0.470. The summed E-state index contributed by atoms with van der Waals surface area (Å²) < 4.78 is 5.36. The molecule has 0 N–H and O–H groups in total. The zero-order valence-corrected chi connectivity index (χ0v) is 10.5. The molecule has 2 rings (SSSR count). The summed E-state index contributed by atoms with van der Waals surface area (Å²) in [6.45, 7) is 8.21. The molecule has 0 bridgehead atoms. The third-order valence-corrected chi connectivity index (χ3v) is 4.29. The lowest BCUT2D eigenvalue weighted by atomic mass is 9.77. The topological polar surface area (TPSA) is 9.23 Å². The lowest BCUT2D eigenvalue weighted by Gasteiger charge is -2.42. The van der Waals surface area contributed by atoms with Crippen molar-refractivity contribution in [1.82, 2.24) is 0 Å². The molecule has 1 aliphatic rings. The molecule has 0 aliphatic carbocycles. The molecule has 0 amide bonds. The Balaban J connectivity index is 2.49. The molecule has 1 heterocycles. The van der Waals surface area contributed by atoms with E-state index in [9.17, 15) is 0 Å². The van der Waals surface area contributed by atoms with Crippen LogP contribution in [-0.2, 0) is 10.2 Å². The Bertz CT molecular complexity index is 375. The largest absolute Gasteiger partial charge is 0.379 e. The van der Waals surface area contributed by atoms with Crippen LogP contribution in [0.2, 0.25) is 0 Å². The third-order valence-electron chi connectivity index (χ3n) is 3.69. The standard InChI is InChI=1S/C13H18OS/c1-9-4-5-12(11(3)10(9)2)13(8-15)6-14-7-13/h4-5,15H,6-8H2,1-3H3. The molecular weight excluding hydrogens is 204 g/mol. The predicted octanol–water partition coefficient (Wildman–Crippen LogP) is 2.81. The van der Waals surface area contributed by atoms with Gasteiger partial charge in [0, 0.05) is 5.75 Å². The van der Waals surface area contributed by atoms with E-state index in [-0.39, 0.29) is 5.41 Å². The average Bonchev–Trinajstić information content (AvgIpc) is 2.17. The van der Waals surface area contributed by atoms with E-state index in [4.69, 9.17) is 4.74 Å². The molecule has 15 heavy (non-hydrogen) atoms. The molecule has 1 fully saturated rings. The van der Waals surface area contributed by atoms with Gasteiger partial charge in [0.1, 0.15) is 0 Å². The van der Waals surface area contributed by atoms with Gasteiger partial charge in [0.15, 0.2) is 0 Å². The van der Waals surface area contributed by atoms with Crippen molar-refractivity contribution >= 4 is 12.6 Å². The first-order valence-electron chi connectivity index (χ1n) is 5.36. The zero-order chi connectivity index (χ0) is 11.1. The normalized spacial score (nSPS) is 18.7. The van der Waals surface area contributed by atoms with Crippen molar-refractivity contribution in [3.05, 3.63) is 34.4 Å². The van der Waals surface area contributed by atoms with Gasteiger partial charge >= 0.3 is 0 Å². The Morgan fingerprint density at radius 3 is 2.33 bits per heavy atom. The van der Waals surface area contributed by atoms with Gasteiger partial charge in [-0.15, -0.1) is 0 Å². The number of thiol groups is 1. The van der Waals surface area contributed by atoms with Gasteiger partial charge in [-0.25, -0.2) is 0 Å². The molecule has 0 aromatic heterocycles. The highest BCUT2D eigenvalue weighted by atomic mass is 32.1. The van der Waals surface area contributed by atoms with Crippen molar-refractivity contribution in [3.63, 3.8) is 0 Å². The van der Waals surface area contributed by atoms with Crippen LogP contribution in [0, 0.1) is 20.8 Å². The van der Waals surface area contributed by atoms with Gasteiger partial charge in [0.05, 0.1) is 18.6 Å². The molecule has 1 aromatic carbocycles. The predicted molar refractivity (Wildman–Crippen MR) is 67.0 cm³/mol. The fraction of sp³-hybridized carbons (Fsp3) is 0.538. The van der Waals surface area contributed by atoms with Crippen LogP contribution < -0.4 is 0 Å². The summed E-state index contributed by atoms with van der Waals surface area (Å²) in [6.07, 6.45) is 0. The number of hydrogen-bond donors (Lipinski definition) is 1. The minimum Gasteiger partial charge on any atom is -0.379 e. The van der Waals surface area contributed by atoms with Crippen molar-refractivity contribution in [1.29, 1.82) is 0 Å². The van der Waals surface area contributed by atoms with Crippen LogP contribution in [0.1, 0.15) is 22.3 Å². The molecule has 1 aliphatic heterocycles. The van der Waals surface area contributed by atoms with Gasteiger partial charge in [-0.2, -0.15) is 12.6 Å². The van der Waals surface area contributed by atoms with E-state index in [2.05, 4.69) is 45.5 Å². The summed E-state index contributed by atoms with van der Waals surface area (Å²) in [7, 11) is 0. The first-order chi connectivity index (χ1) is 7.10. The fourth-order valence-corrected chi connectivity index (χ4v) is 2.56. The summed E-state index contributed by atoms with van der Waals surface area (Å²) in [5.74, 6) is 0.871. The molecule has 2 heteroatoms. The van der Waals surface area contributed by atoms with Crippen molar-refractivity contribution in [2.24, 2.45) is 0 Å². The Kier molecular flexibility index (Phi) is 2.82. The van der Waals surface area contributed by atoms with E-state index in [1.54, 1.807) is 0 Å². The Morgan fingerprint density at radius 1 is 1.20 bits per heavy atom. The monoisotopic (exact) mass is 222 g/mol. The zero-order valence-electron chi connectivity index (χ0n) is 9.63. The van der Waals surface area contributed by atoms with Gasteiger partial charge in [0.2, 0.25) is 0 Å². The van der Waals surface area contributed by atoms with Crippen molar-refractivity contribution in [3.8, 4) is 0 Å². The molecule has 1 nitrogen and oxygen atoms in total. The molecule has 1 saturated heterocycles. The maximum atomic E-state index is 5.36. The summed E-state index contributed by atoms with van der Waals surface area (Å²) in [6, 6.07) is 4.46.